The molecule has 0 bridgehead atoms. The Balaban J connectivity index is 1.32. The molecule has 7 heteroatoms. The summed E-state index contributed by atoms with van der Waals surface area (Å²) < 4.78 is 0. The van der Waals surface area contributed by atoms with Gasteiger partial charge in [0.1, 0.15) is 5.03 Å². The SMILES string of the molecule is O=C(CSc1ccc(NC(=O)c2ccccc2)nn1)Nc1cccc2ccccc12. The van der Waals surface area contributed by atoms with Gasteiger partial charge in [-0.3, -0.25) is 9.59 Å². The van der Waals surface area contributed by atoms with Crippen molar-refractivity contribution in [1.82, 2.24) is 10.2 Å². The third-order valence-electron chi connectivity index (χ3n) is 4.33. The second-order valence-corrected chi connectivity index (χ2v) is 7.44. The van der Waals surface area contributed by atoms with Crippen LogP contribution in [0.15, 0.2) is 90.0 Å². The number of aromatic nitrogens is 2. The Morgan fingerprint density at radius 1 is 0.767 bits per heavy atom. The van der Waals surface area contributed by atoms with Gasteiger partial charge in [-0.1, -0.05) is 66.4 Å². The van der Waals surface area contributed by atoms with Crippen LogP contribution in [-0.4, -0.2) is 27.8 Å². The molecule has 0 aliphatic rings. The number of thioether (sulfide) groups is 1. The fourth-order valence-electron chi connectivity index (χ4n) is 2.90. The van der Waals surface area contributed by atoms with Crippen LogP contribution in [0, 0.1) is 0 Å². The predicted molar refractivity (Wildman–Crippen MR) is 120 cm³/mol. The van der Waals surface area contributed by atoms with Gasteiger partial charge in [-0.2, -0.15) is 0 Å². The fraction of sp³-hybridized carbons (Fsp3) is 0.0435. The van der Waals surface area contributed by atoms with Gasteiger partial charge in [0.2, 0.25) is 5.91 Å². The van der Waals surface area contributed by atoms with Gasteiger partial charge >= 0.3 is 0 Å². The standard InChI is InChI=1S/C23H18N4O2S/c28-21(24-19-12-6-10-16-7-4-5-11-18(16)19)15-30-22-14-13-20(26-27-22)25-23(29)17-8-2-1-3-9-17/h1-14H,15H2,(H,24,28)(H,25,26,29). The van der Waals surface area contributed by atoms with Gasteiger partial charge in [-0.05, 0) is 35.7 Å². The number of anilines is 2. The van der Waals surface area contributed by atoms with Crippen molar-refractivity contribution in [3.63, 3.8) is 0 Å². The van der Waals surface area contributed by atoms with Crippen LogP contribution < -0.4 is 10.6 Å². The van der Waals surface area contributed by atoms with Crippen LogP contribution in [0.1, 0.15) is 10.4 Å². The highest BCUT2D eigenvalue weighted by Crippen LogP contribution is 2.23. The number of benzene rings is 3. The Kier molecular flexibility index (Phi) is 6.01. The molecule has 0 unspecified atom stereocenters. The maximum atomic E-state index is 12.4. The molecule has 0 saturated carbocycles. The largest absolute Gasteiger partial charge is 0.325 e. The molecule has 0 saturated heterocycles. The van der Waals surface area contributed by atoms with E-state index in [1.54, 1.807) is 36.4 Å². The third kappa shape index (κ3) is 4.82. The molecule has 6 nitrogen and oxygen atoms in total. The van der Waals surface area contributed by atoms with Gasteiger partial charge in [0.05, 0.1) is 5.75 Å². The lowest BCUT2D eigenvalue weighted by molar-refractivity contribution is -0.113. The van der Waals surface area contributed by atoms with Crippen molar-refractivity contribution in [2.24, 2.45) is 0 Å². The molecule has 0 radical (unpaired) electrons. The average molecular weight is 414 g/mol. The van der Waals surface area contributed by atoms with Crippen LogP contribution in [0.4, 0.5) is 11.5 Å². The van der Waals surface area contributed by atoms with Crippen LogP contribution in [0.3, 0.4) is 0 Å². The summed E-state index contributed by atoms with van der Waals surface area (Å²) in [5.74, 6) is 0.181. The number of amides is 2. The van der Waals surface area contributed by atoms with Crippen molar-refractivity contribution in [1.29, 1.82) is 0 Å². The minimum Gasteiger partial charge on any atom is -0.325 e. The van der Waals surface area contributed by atoms with Crippen LogP contribution in [0.5, 0.6) is 0 Å². The number of hydrogen-bond acceptors (Lipinski definition) is 5. The molecule has 4 rings (SSSR count). The molecule has 148 valence electrons. The van der Waals surface area contributed by atoms with Gasteiger partial charge < -0.3 is 10.6 Å². The smallest absolute Gasteiger partial charge is 0.256 e. The zero-order valence-electron chi connectivity index (χ0n) is 15.9. The molecule has 1 aromatic heterocycles. The first-order chi connectivity index (χ1) is 14.7. The zero-order valence-corrected chi connectivity index (χ0v) is 16.7. The molecule has 30 heavy (non-hydrogen) atoms. The summed E-state index contributed by atoms with van der Waals surface area (Å²) in [6.45, 7) is 0. The first-order valence-corrected chi connectivity index (χ1v) is 10.3. The minimum absolute atomic E-state index is 0.125. The van der Waals surface area contributed by atoms with Crippen LogP contribution in [0.2, 0.25) is 0 Å². The molecule has 4 aromatic rings. The lowest BCUT2D eigenvalue weighted by Gasteiger charge is -2.08. The maximum Gasteiger partial charge on any atom is 0.256 e. The zero-order chi connectivity index (χ0) is 20.8. The highest BCUT2D eigenvalue weighted by atomic mass is 32.2. The molecule has 0 aliphatic carbocycles. The number of rotatable bonds is 6. The third-order valence-corrected chi connectivity index (χ3v) is 5.25. The highest BCUT2D eigenvalue weighted by molar-refractivity contribution is 7.99. The lowest BCUT2D eigenvalue weighted by Crippen LogP contribution is -2.15. The van der Waals surface area contributed by atoms with E-state index < -0.39 is 0 Å². The maximum absolute atomic E-state index is 12.4. The summed E-state index contributed by atoms with van der Waals surface area (Å²) in [5, 5.41) is 16.4. The van der Waals surface area contributed by atoms with Gasteiger partial charge in [0, 0.05) is 16.6 Å². The van der Waals surface area contributed by atoms with Crippen molar-refractivity contribution in [3.05, 3.63) is 90.5 Å². The first-order valence-electron chi connectivity index (χ1n) is 9.29. The van der Waals surface area contributed by atoms with Gasteiger partial charge in [-0.25, -0.2) is 0 Å². The molecule has 0 spiro atoms. The molecular formula is C23H18N4O2S. The molecule has 1 heterocycles. The number of carbonyl (C=O) groups is 2. The second kappa shape index (κ2) is 9.19. The van der Waals surface area contributed by atoms with E-state index in [2.05, 4.69) is 20.8 Å². The Morgan fingerprint density at radius 3 is 2.33 bits per heavy atom. The van der Waals surface area contributed by atoms with E-state index >= 15 is 0 Å². The van der Waals surface area contributed by atoms with Crippen LogP contribution in [0.25, 0.3) is 10.8 Å². The topological polar surface area (TPSA) is 84.0 Å². The quantitative estimate of drug-likeness (QED) is 0.450. The Hall–Kier alpha value is -3.71. The summed E-state index contributed by atoms with van der Waals surface area (Å²) >= 11 is 1.28. The first kappa shape index (κ1) is 19.6. The molecular weight excluding hydrogens is 396 g/mol. The molecule has 0 atom stereocenters. The van der Waals surface area contributed by atoms with Crippen molar-refractivity contribution >= 4 is 45.9 Å². The predicted octanol–water partition coefficient (Wildman–Crippen LogP) is 4.61. The Bertz CT molecular complexity index is 1180. The van der Waals surface area contributed by atoms with Gasteiger partial charge in [-0.15, -0.1) is 10.2 Å². The minimum atomic E-state index is -0.250. The number of nitrogens with zero attached hydrogens (tertiary/aromatic N) is 2. The van der Waals surface area contributed by atoms with E-state index in [1.807, 2.05) is 48.5 Å². The lowest BCUT2D eigenvalue weighted by atomic mass is 10.1. The average Bonchev–Trinajstić information content (AvgIpc) is 2.79. The number of carbonyl (C=O) groups excluding carboxylic acids is 2. The summed E-state index contributed by atoms with van der Waals surface area (Å²) in [4.78, 5) is 24.5. The molecule has 0 aliphatic heterocycles. The van der Waals surface area contributed by atoms with E-state index in [-0.39, 0.29) is 17.6 Å². The van der Waals surface area contributed by atoms with Gasteiger partial charge in [0.25, 0.3) is 5.91 Å². The second-order valence-electron chi connectivity index (χ2n) is 6.44. The summed E-state index contributed by atoms with van der Waals surface area (Å²) in [5.41, 5.74) is 1.33. The summed E-state index contributed by atoms with van der Waals surface area (Å²) in [7, 11) is 0. The summed E-state index contributed by atoms with van der Waals surface area (Å²) in [6, 6.07) is 26.0. The molecule has 2 N–H and O–H groups in total. The van der Waals surface area contributed by atoms with Crippen molar-refractivity contribution in [2.45, 2.75) is 5.03 Å². The van der Waals surface area contributed by atoms with E-state index in [0.717, 1.165) is 16.5 Å². The number of nitrogens with one attached hydrogen (secondary N) is 2. The van der Waals surface area contributed by atoms with Gasteiger partial charge in [0.15, 0.2) is 5.82 Å². The van der Waals surface area contributed by atoms with Crippen molar-refractivity contribution in [3.8, 4) is 0 Å². The van der Waals surface area contributed by atoms with E-state index in [0.29, 0.717) is 16.4 Å². The molecule has 2 amide bonds. The van der Waals surface area contributed by atoms with Crippen molar-refractivity contribution in [2.75, 3.05) is 16.4 Å². The molecule has 0 fully saturated rings. The number of hydrogen-bond donors (Lipinski definition) is 2. The molecule has 3 aromatic carbocycles. The Morgan fingerprint density at radius 2 is 1.53 bits per heavy atom. The van der Waals surface area contributed by atoms with Crippen molar-refractivity contribution < 1.29 is 9.59 Å². The van der Waals surface area contributed by atoms with Crippen LogP contribution in [-0.2, 0) is 4.79 Å². The fourth-order valence-corrected chi connectivity index (χ4v) is 3.52. The Labute approximate surface area is 177 Å². The number of fused-ring (bicyclic) bond motifs is 1. The van der Waals surface area contributed by atoms with Crippen LogP contribution >= 0.6 is 11.8 Å². The normalized spacial score (nSPS) is 10.5. The van der Waals surface area contributed by atoms with E-state index in [9.17, 15) is 9.59 Å². The highest BCUT2D eigenvalue weighted by Gasteiger charge is 2.09. The monoisotopic (exact) mass is 414 g/mol. The van der Waals surface area contributed by atoms with E-state index in [4.69, 9.17) is 0 Å². The van der Waals surface area contributed by atoms with E-state index in [1.165, 1.54) is 11.8 Å². The summed E-state index contributed by atoms with van der Waals surface area (Å²) in [6.07, 6.45) is 0.